The second-order valence-corrected chi connectivity index (χ2v) is 4.25. The van der Waals surface area contributed by atoms with Crippen LogP contribution < -0.4 is 0 Å². The normalized spacial score (nSPS) is 12.3. The summed E-state index contributed by atoms with van der Waals surface area (Å²) in [6.07, 6.45) is 0. The Hall–Kier alpha value is -1.85. The fourth-order valence-corrected chi connectivity index (χ4v) is 1.28. The van der Waals surface area contributed by atoms with Gasteiger partial charge in [-0.1, -0.05) is 20.8 Å². The maximum absolute atomic E-state index is 11.5. The number of carbonyl (C=O) groups excluding carboxylic acids is 2. The molecule has 0 spiro atoms. The quantitative estimate of drug-likeness (QED) is 0.766. The van der Waals surface area contributed by atoms with E-state index < -0.39 is 11.9 Å². The van der Waals surface area contributed by atoms with Gasteiger partial charge in [-0.25, -0.2) is 14.6 Å². The molecule has 0 bridgehead atoms. The summed E-state index contributed by atoms with van der Waals surface area (Å²) < 4.78 is 14.4. The maximum atomic E-state index is 11.5. The molecular weight excluding hydrogens is 238 g/mol. The molecule has 1 aromatic heterocycles. The Labute approximate surface area is 105 Å². The van der Waals surface area contributed by atoms with Gasteiger partial charge in [0.25, 0.3) is 0 Å². The van der Waals surface area contributed by atoms with Crippen LogP contribution >= 0.6 is 0 Å². The predicted octanol–water partition coefficient (Wildman–Crippen LogP) is 2.01. The van der Waals surface area contributed by atoms with Gasteiger partial charge >= 0.3 is 11.9 Å². The monoisotopic (exact) mass is 255 g/mol. The molecule has 1 aromatic rings. The number of aromatic nitrogens is 1. The number of nitrogens with zero attached hydrogens (tertiary/aromatic N) is 1. The molecule has 100 valence electrons. The van der Waals surface area contributed by atoms with Crippen molar-refractivity contribution in [2.24, 2.45) is 5.92 Å². The van der Waals surface area contributed by atoms with E-state index in [0.717, 1.165) is 0 Å². The summed E-state index contributed by atoms with van der Waals surface area (Å²) in [7, 11) is 2.42. The minimum Gasteiger partial charge on any atom is -0.464 e. The molecule has 18 heavy (non-hydrogen) atoms. The third kappa shape index (κ3) is 2.69. The molecule has 0 amide bonds. The van der Waals surface area contributed by atoms with Crippen molar-refractivity contribution >= 4 is 11.9 Å². The maximum Gasteiger partial charge on any atom is 0.376 e. The van der Waals surface area contributed by atoms with Crippen LogP contribution in [0, 0.1) is 5.92 Å². The van der Waals surface area contributed by atoms with Crippen LogP contribution in [0.15, 0.2) is 4.42 Å². The van der Waals surface area contributed by atoms with Crippen LogP contribution in [0.4, 0.5) is 0 Å². The van der Waals surface area contributed by atoms with E-state index in [-0.39, 0.29) is 23.3 Å². The molecule has 0 aromatic carbocycles. The molecular formula is C12H17NO5. The molecule has 0 N–H and O–H groups in total. The highest BCUT2D eigenvalue weighted by Gasteiger charge is 2.29. The number of oxazole rings is 1. The molecule has 0 radical (unpaired) electrons. The molecule has 0 saturated heterocycles. The molecule has 0 aliphatic heterocycles. The van der Waals surface area contributed by atoms with Gasteiger partial charge in [0.2, 0.25) is 11.5 Å². The molecule has 0 fully saturated rings. The first kappa shape index (κ1) is 14.2. The first-order valence-corrected chi connectivity index (χ1v) is 5.59. The average molecular weight is 255 g/mol. The van der Waals surface area contributed by atoms with Crippen molar-refractivity contribution < 1.29 is 23.5 Å². The summed E-state index contributed by atoms with van der Waals surface area (Å²) in [6.45, 7) is 5.88. The van der Waals surface area contributed by atoms with Gasteiger partial charge in [0.15, 0.2) is 5.89 Å². The van der Waals surface area contributed by atoms with Crippen LogP contribution in [0.2, 0.25) is 0 Å². The number of rotatable bonds is 4. The summed E-state index contributed by atoms with van der Waals surface area (Å²) in [4.78, 5) is 27.0. The van der Waals surface area contributed by atoms with Crippen molar-refractivity contribution in [2.75, 3.05) is 14.2 Å². The second kappa shape index (κ2) is 5.66. The lowest BCUT2D eigenvalue weighted by Crippen LogP contribution is -2.10. The van der Waals surface area contributed by atoms with E-state index in [9.17, 15) is 9.59 Å². The van der Waals surface area contributed by atoms with Crippen LogP contribution in [0.1, 0.15) is 53.6 Å². The number of ether oxygens (including phenoxy) is 2. The van der Waals surface area contributed by atoms with Crippen molar-refractivity contribution in [3.63, 3.8) is 0 Å². The Morgan fingerprint density at radius 2 is 1.67 bits per heavy atom. The van der Waals surface area contributed by atoms with Gasteiger partial charge in [0.05, 0.1) is 14.2 Å². The molecule has 6 heteroatoms. The number of esters is 2. The van der Waals surface area contributed by atoms with Gasteiger partial charge in [-0.3, -0.25) is 0 Å². The van der Waals surface area contributed by atoms with Crippen molar-refractivity contribution in [2.45, 2.75) is 26.7 Å². The van der Waals surface area contributed by atoms with Crippen molar-refractivity contribution in [3.8, 4) is 0 Å². The Morgan fingerprint density at radius 1 is 1.11 bits per heavy atom. The summed E-state index contributed by atoms with van der Waals surface area (Å²) in [5.41, 5.74) is -0.146. The predicted molar refractivity (Wildman–Crippen MR) is 62.4 cm³/mol. The summed E-state index contributed by atoms with van der Waals surface area (Å²) >= 11 is 0. The average Bonchev–Trinajstić information content (AvgIpc) is 2.80. The lowest BCUT2D eigenvalue weighted by Gasteiger charge is -2.10. The molecule has 1 atom stereocenters. The Morgan fingerprint density at radius 3 is 2.11 bits per heavy atom. The summed E-state index contributed by atoms with van der Waals surface area (Å²) in [5, 5.41) is 0. The SMILES string of the molecule is COC(=O)c1nc(C(C)C(C)C)oc1C(=O)OC. The fourth-order valence-electron chi connectivity index (χ4n) is 1.28. The summed E-state index contributed by atoms with van der Waals surface area (Å²) in [5.74, 6) is -1.12. The smallest absolute Gasteiger partial charge is 0.376 e. The van der Waals surface area contributed by atoms with E-state index in [0.29, 0.717) is 5.89 Å². The van der Waals surface area contributed by atoms with Gasteiger partial charge in [-0.2, -0.15) is 0 Å². The highest BCUT2D eigenvalue weighted by molar-refractivity contribution is 5.99. The number of hydrogen-bond donors (Lipinski definition) is 0. The third-order valence-corrected chi connectivity index (χ3v) is 2.78. The van der Waals surface area contributed by atoms with Crippen molar-refractivity contribution in [1.82, 2.24) is 4.98 Å². The fraction of sp³-hybridized carbons (Fsp3) is 0.583. The molecule has 1 rings (SSSR count). The first-order chi connectivity index (χ1) is 8.42. The first-order valence-electron chi connectivity index (χ1n) is 5.59. The molecule has 1 unspecified atom stereocenters. The lowest BCUT2D eigenvalue weighted by molar-refractivity contribution is 0.0525. The zero-order valence-corrected chi connectivity index (χ0v) is 11.1. The molecule has 0 saturated carbocycles. The van der Waals surface area contributed by atoms with E-state index in [2.05, 4.69) is 14.5 Å². The van der Waals surface area contributed by atoms with Gasteiger partial charge in [-0.15, -0.1) is 0 Å². The van der Waals surface area contributed by atoms with Crippen molar-refractivity contribution in [1.29, 1.82) is 0 Å². The Kier molecular flexibility index (Phi) is 4.47. The van der Waals surface area contributed by atoms with Crippen LogP contribution in [0.3, 0.4) is 0 Å². The van der Waals surface area contributed by atoms with E-state index in [1.807, 2.05) is 20.8 Å². The van der Waals surface area contributed by atoms with E-state index in [1.165, 1.54) is 14.2 Å². The molecule has 0 aliphatic carbocycles. The molecule has 6 nitrogen and oxygen atoms in total. The minimum absolute atomic E-state index is 0.0215. The van der Waals surface area contributed by atoms with Crippen LogP contribution in [0.5, 0.6) is 0 Å². The highest BCUT2D eigenvalue weighted by atomic mass is 16.5. The van der Waals surface area contributed by atoms with Crippen LogP contribution in [0.25, 0.3) is 0 Å². The van der Waals surface area contributed by atoms with E-state index in [1.54, 1.807) is 0 Å². The van der Waals surface area contributed by atoms with Gasteiger partial charge in [0.1, 0.15) is 0 Å². The standard InChI is InChI=1S/C12H17NO5/c1-6(2)7(3)10-13-8(11(14)16-4)9(18-10)12(15)17-5/h6-7H,1-5H3. The van der Waals surface area contributed by atoms with E-state index >= 15 is 0 Å². The van der Waals surface area contributed by atoms with E-state index in [4.69, 9.17) is 4.42 Å². The third-order valence-electron chi connectivity index (χ3n) is 2.78. The molecule has 1 heterocycles. The van der Waals surface area contributed by atoms with Crippen molar-refractivity contribution in [3.05, 3.63) is 17.3 Å². The number of carbonyl (C=O) groups is 2. The van der Waals surface area contributed by atoms with Gasteiger partial charge in [0, 0.05) is 5.92 Å². The van der Waals surface area contributed by atoms with Crippen LogP contribution in [-0.4, -0.2) is 31.1 Å². The molecule has 0 aliphatic rings. The summed E-state index contributed by atoms with van der Waals surface area (Å²) in [6, 6.07) is 0. The Balaban J connectivity index is 3.23. The van der Waals surface area contributed by atoms with Crippen LogP contribution in [-0.2, 0) is 9.47 Å². The van der Waals surface area contributed by atoms with Gasteiger partial charge in [-0.05, 0) is 5.92 Å². The minimum atomic E-state index is -0.745. The zero-order chi connectivity index (χ0) is 13.9. The largest absolute Gasteiger partial charge is 0.464 e. The lowest BCUT2D eigenvalue weighted by atomic mass is 9.98. The highest BCUT2D eigenvalue weighted by Crippen LogP contribution is 2.25. The topological polar surface area (TPSA) is 78.6 Å². The number of methoxy groups -OCH3 is 2. The Bertz CT molecular complexity index is 416. The number of hydrogen-bond acceptors (Lipinski definition) is 6. The zero-order valence-electron chi connectivity index (χ0n) is 11.1. The second-order valence-electron chi connectivity index (χ2n) is 4.25. The van der Waals surface area contributed by atoms with Gasteiger partial charge < -0.3 is 13.9 Å².